The van der Waals surface area contributed by atoms with Crippen molar-refractivity contribution in [1.82, 2.24) is 5.43 Å². The molecule has 1 N–H and O–H groups in total. The zero-order chi connectivity index (χ0) is 7.40. The molecular formula is C8H12N2. The second-order valence-corrected chi connectivity index (χ2v) is 2.46. The third kappa shape index (κ3) is 1.77. The molecule has 1 unspecified atom stereocenters. The van der Waals surface area contributed by atoms with Gasteiger partial charge in [0.05, 0.1) is 0 Å². The van der Waals surface area contributed by atoms with Crippen molar-refractivity contribution >= 4 is 5.84 Å². The quantitative estimate of drug-likeness (QED) is 0.581. The Labute approximate surface area is 61.7 Å². The summed E-state index contributed by atoms with van der Waals surface area (Å²) >= 11 is 0. The van der Waals surface area contributed by atoms with E-state index >= 15 is 0 Å². The van der Waals surface area contributed by atoms with Gasteiger partial charge in [0.2, 0.25) is 0 Å². The topological polar surface area (TPSA) is 34.3 Å². The lowest BCUT2D eigenvalue weighted by molar-refractivity contribution is 0.622. The van der Waals surface area contributed by atoms with E-state index in [1.807, 2.05) is 0 Å². The maximum Gasteiger partial charge on any atom is 0.146 e. The monoisotopic (exact) mass is 136 g/mol. The highest BCUT2D eigenvalue weighted by Gasteiger charge is 2.19. The Bertz CT molecular complexity index is 176. The van der Waals surface area contributed by atoms with Crippen molar-refractivity contribution in [3.63, 3.8) is 0 Å². The van der Waals surface area contributed by atoms with Gasteiger partial charge in [0.25, 0.3) is 0 Å². The normalized spacial score (nSPS) is 16.6. The Morgan fingerprint density at radius 1 is 1.80 bits per heavy atom. The molecule has 2 nitrogen and oxygen atoms in total. The molecule has 2 heteroatoms. The summed E-state index contributed by atoms with van der Waals surface area (Å²) in [7, 11) is 0. The first-order valence-corrected chi connectivity index (χ1v) is 3.65. The molecule has 1 atom stereocenters. The summed E-state index contributed by atoms with van der Waals surface area (Å²) in [5.74, 6) is 4.35. The van der Waals surface area contributed by atoms with Crippen LogP contribution >= 0.6 is 0 Å². The number of rotatable bonds is 4. The van der Waals surface area contributed by atoms with Crippen LogP contribution in [0.25, 0.3) is 0 Å². The largest absolute Gasteiger partial charge is 0.261 e. The molecule has 0 fully saturated rings. The summed E-state index contributed by atoms with van der Waals surface area (Å²) in [5, 5.41) is 3.92. The molecule has 10 heavy (non-hydrogen) atoms. The Hall–Kier alpha value is -0.970. The predicted octanol–water partition coefficient (Wildman–Crippen LogP) is 1.34. The van der Waals surface area contributed by atoms with Crippen LogP contribution in [-0.2, 0) is 0 Å². The van der Waals surface area contributed by atoms with Gasteiger partial charge in [-0.05, 0) is 12.8 Å². The lowest BCUT2D eigenvalue weighted by atomic mass is 10.0. The molecule has 0 aromatic rings. The average Bonchev–Trinajstić information content (AvgIpc) is 2.73. The fraction of sp³-hybridized carbons (Fsp3) is 0.625. The van der Waals surface area contributed by atoms with Crippen LogP contribution in [0.5, 0.6) is 0 Å². The second kappa shape index (κ2) is 3.26. The average molecular weight is 136 g/mol. The van der Waals surface area contributed by atoms with Crippen LogP contribution in [0.3, 0.4) is 0 Å². The minimum atomic E-state index is 0.580. The van der Waals surface area contributed by atoms with Crippen molar-refractivity contribution in [3.05, 3.63) is 0 Å². The summed E-state index contributed by atoms with van der Waals surface area (Å²) in [5.41, 5.74) is 2.87. The first kappa shape index (κ1) is 7.14. The van der Waals surface area contributed by atoms with Crippen LogP contribution < -0.4 is 5.43 Å². The van der Waals surface area contributed by atoms with Gasteiger partial charge >= 0.3 is 0 Å². The minimum Gasteiger partial charge on any atom is -0.261 e. The van der Waals surface area contributed by atoms with E-state index in [1.165, 1.54) is 0 Å². The van der Waals surface area contributed by atoms with Crippen molar-refractivity contribution in [2.45, 2.75) is 26.2 Å². The van der Waals surface area contributed by atoms with Gasteiger partial charge in [0.1, 0.15) is 5.84 Å². The molecule has 0 aliphatic carbocycles. The zero-order valence-corrected chi connectivity index (χ0v) is 6.22. The minimum absolute atomic E-state index is 0.580. The summed E-state index contributed by atoms with van der Waals surface area (Å²) in [4.78, 5) is 0. The number of terminal acetylenes is 1. The summed E-state index contributed by atoms with van der Waals surface area (Å²) in [6, 6.07) is 0. The molecule has 0 radical (unpaired) electrons. The molecule has 0 spiro atoms. The van der Waals surface area contributed by atoms with Crippen LogP contribution in [0.1, 0.15) is 26.2 Å². The molecule has 54 valence electrons. The van der Waals surface area contributed by atoms with E-state index < -0.39 is 0 Å². The Balaban J connectivity index is 2.21. The maximum atomic E-state index is 5.14. The predicted molar refractivity (Wildman–Crippen MR) is 42.4 cm³/mol. The van der Waals surface area contributed by atoms with Gasteiger partial charge in [0, 0.05) is 12.3 Å². The molecule has 1 aliphatic rings. The van der Waals surface area contributed by atoms with Crippen LogP contribution in [0.2, 0.25) is 0 Å². The number of hydrazone groups is 1. The standard InChI is InChI=1S/C8H12N2/c1-3-5-6-7(4-2)8-9-10-8/h1,7H,4-6H2,2H3,(H,9,10). The number of hydrogen-bond donors (Lipinski definition) is 1. The molecule has 0 aromatic heterocycles. The van der Waals surface area contributed by atoms with Gasteiger partial charge < -0.3 is 0 Å². The van der Waals surface area contributed by atoms with Crippen molar-refractivity contribution in [3.8, 4) is 12.3 Å². The van der Waals surface area contributed by atoms with Gasteiger partial charge in [-0.3, -0.25) is 5.43 Å². The van der Waals surface area contributed by atoms with E-state index in [0.29, 0.717) is 5.92 Å². The first-order chi connectivity index (χ1) is 4.88. The summed E-state index contributed by atoms with van der Waals surface area (Å²) < 4.78 is 0. The van der Waals surface area contributed by atoms with E-state index in [1.54, 1.807) is 0 Å². The molecule has 0 amide bonds. The van der Waals surface area contributed by atoms with Crippen molar-refractivity contribution in [1.29, 1.82) is 0 Å². The number of nitrogens with zero attached hydrogens (tertiary/aromatic N) is 1. The molecule has 0 saturated carbocycles. The molecule has 1 aliphatic heterocycles. The summed E-state index contributed by atoms with van der Waals surface area (Å²) in [6.45, 7) is 2.16. The van der Waals surface area contributed by atoms with Crippen molar-refractivity contribution < 1.29 is 0 Å². The van der Waals surface area contributed by atoms with E-state index in [2.05, 4.69) is 23.4 Å². The van der Waals surface area contributed by atoms with Crippen LogP contribution in [0.15, 0.2) is 5.10 Å². The van der Waals surface area contributed by atoms with Gasteiger partial charge in [-0.15, -0.1) is 12.3 Å². The molecule has 1 rings (SSSR count). The first-order valence-electron chi connectivity index (χ1n) is 3.65. The number of nitrogens with one attached hydrogen (secondary N) is 1. The van der Waals surface area contributed by atoms with E-state index in [4.69, 9.17) is 6.42 Å². The van der Waals surface area contributed by atoms with Crippen LogP contribution in [0.4, 0.5) is 0 Å². The third-order valence-corrected chi connectivity index (χ3v) is 1.76. The van der Waals surface area contributed by atoms with Gasteiger partial charge in [0.15, 0.2) is 0 Å². The number of amidine groups is 1. The SMILES string of the molecule is C#CCCC(CC)C1=NN1. The highest BCUT2D eigenvalue weighted by atomic mass is 15.5. The van der Waals surface area contributed by atoms with Gasteiger partial charge in [-0.25, -0.2) is 0 Å². The van der Waals surface area contributed by atoms with Crippen LogP contribution in [0, 0.1) is 18.3 Å². The Kier molecular flexibility index (Phi) is 2.33. The maximum absolute atomic E-state index is 5.14. The van der Waals surface area contributed by atoms with Crippen molar-refractivity contribution in [2.24, 2.45) is 11.0 Å². The molecule has 0 saturated heterocycles. The zero-order valence-electron chi connectivity index (χ0n) is 6.22. The van der Waals surface area contributed by atoms with Crippen LogP contribution in [-0.4, -0.2) is 5.84 Å². The molecule has 0 aromatic carbocycles. The number of hydrogen-bond acceptors (Lipinski definition) is 2. The van der Waals surface area contributed by atoms with Gasteiger partial charge in [-0.1, -0.05) is 6.92 Å². The Morgan fingerprint density at radius 3 is 2.90 bits per heavy atom. The van der Waals surface area contributed by atoms with Gasteiger partial charge in [-0.2, -0.15) is 5.10 Å². The molecular weight excluding hydrogens is 124 g/mol. The van der Waals surface area contributed by atoms with E-state index in [0.717, 1.165) is 25.1 Å². The highest BCUT2D eigenvalue weighted by molar-refractivity contribution is 5.92. The lowest BCUT2D eigenvalue weighted by Gasteiger charge is -2.03. The summed E-state index contributed by atoms with van der Waals surface area (Å²) in [6.07, 6.45) is 8.20. The molecule has 0 bridgehead atoms. The van der Waals surface area contributed by atoms with E-state index in [9.17, 15) is 0 Å². The molecule has 1 heterocycles. The Morgan fingerprint density at radius 2 is 2.50 bits per heavy atom. The third-order valence-electron chi connectivity index (χ3n) is 1.76. The smallest absolute Gasteiger partial charge is 0.146 e. The fourth-order valence-corrected chi connectivity index (χ4v) is 1.01. The second-order valence-electron chi connectivity index (χ2n) is 2.46. The lowest BCUT2D eigenvalue weighted by Crippen LogP contribution is -2.09. The van der Waals surface area contributed by atoms with Crippen molar-refractivity contribution in [2.75, 3.05) is 0 Å². The fourth-order valence-electron chi connectivity index (χ4n) is 1.01. The highest BCUT2D eigenvalue weighted by Crippen LogP contribution is 2.15. The van der Waals surface area contributed by atoms with E-state index in [-0.39, 0.29) is 0 Å².